The Bertz CT molecular complexity index is 1180. The zero-order valence-electron chi connectivity index (χ0n) is 20.6. The van der Waals surface area contributed by atoms with Crippen molar-refractivity contribution in [2.75, 3.05) is 34.4 Å². The highest BCUT2D eigenvalue weighted by Crippen LogP contribution is 2.40. The molecule has 11 nitrogen and oxygen atoms in total. The van der Waals surface area contributed by atoms with E-state index >= 15 is 0 Å². The van der Waals surface area contributed by atoms with Gasteiger partial charge in [0.2, 0.25) is 11.7 Å². The minimum Gasteiger partial charge on any atom is -0.493 e. The van der Waals surface area contributed by atoms with Crippen molar-refractivity contribution in [2.45, 2.75) is 12.5 Å². The highest BCUT2D eigenvalue weighted by Gasteiger charge is 2.35. The number of ether oxygens (including phenoxy) is 3. The molecule has 0 bridgehead atoms. The van der Waals surface area contributed by atoms with Gasteiger partial charge in [-0.1, -0.05) is 30.3 Å². The monoisotopic (exact) mass is 528 g/mol. The van der Waals surface area contributed by atoms with Gasteiger partial charge in [-0.3, -0.25) is 19.3 Å². The molecule has 3 rings (SSSR count). The van der Waals surface area contributed by atoms with E-state index in [0.29, 0.717) is 22.8 Å². The van der Waals surface area contributed by atoms with Crippen molar-refractivity contribution in [1.82, 2.24) is 15.5 Å². The second kappa shape index (κ2) is 12.7. The Hall–Kier alpha value is -4.19. The van der Waals surface area contributed by atoms with Crippen LogP contribution in [0.5, 0.6) is 17.2 Å². The SMILES string of the molecule is COc1cc(/C=C2/SC(=O)N(CCNC(=O)[C@H](Cc3ccccc3)NC(N)=O)C2=O)cc(OC)c1OC. The Kier molecular flexibility index (Phi) is 9.39. The molecule has 5 amide bonds. The van der Waals surface area contributed by atoms with Crippen LogP contribution in [0, 0.1) is 0 Å². The van der Waals surface area contributed by atoms with E-state index in [1.54, 1.807) is 18.2 Å². The maximum Gasteiger partial charge on any atom is 0.312 e. The molecule has 37 heavy (non-hydrogen) atoms. The summed E-state index contributed by atoms with van der Waals surface area (Å²) in [4.78, 5) is 50.7. The Morgan fingerprint density at radius 3 is 2.27 bits per heavy atom. The summed E-state index contributed by atoms with van der Waals surface area (Å²) in [5, 5.41) is 4.61. The van der Waals surface area contributed by atoms with Gasteiger partial charge in [0.1, 0.15) is 6.04 Å². The van der Waals surface area contributed by atoms with Gasteiger partial charge in [0.05, 0.1) is 26.2 Å². The number of hydrogen-bond donors (Lipinski definition) is 3. The van der Waals surface area contributed by atoms with Crippen molar-refractivity contribution in [3.8, 4) is 17.2 Å². The standard InChI is InChI=1S/C25H28N4O7S/c1-34-18-12-16(13-19(35-2)21(18)36-3)14-20-23(31)29(25(33)37-20)10-9-27-22(30)17(28-24(26)32)11-15-7-5-4-6-8-15/h4-8,12-14,17H,9-11H2,1-3H3,(H,27,30)(H3,26,28,32)/b20-14+/t17-/m0/s1. The maximum atomic E-state index is 12.9. The van der Waals surface area contributed by atoms with Crippen LogP contribution in [-0.2, 0) is 16.0 Å². The zero-order chi connectivity index (χ0) is 26.9. The number of nitrogens with two attached hydrogens (primary N) is 1. The van der Waals surface area contributed by atoms with E-state index in [9.17, 15) is 19.2 Å². The first-order valence-corrected chi connectivity index (χ1v) is 12.0. The smallest absolute Gasteiger partial charge is 0.312 e. The Balaban J connectivity index is 1.65. The first-order valence-electron chi connectivity index (χ1n) is 11.2. The number of methoxy groups -OCH3 is 3. The van der Waals surface area contributed by atoms with Crippen LogP contribution in [0.2, 0.25) is 0 Å². The number of nitrogens with one attached hydrogen (secondary N) is 2. The fraction of sp³-hybridized carbons (Fsp3) is 0.280. The van der Waals surface area contributed by atoms with Crippen molar-refractivity contribution in [2.24, 2.45) is 5.73 Å². The Labute approximate surface area is 218 Å². The highest BCUT2D eigenvalue weighted by molar-refractivity contribution is 8.18. The van der Waals surface area contributed by atoms with Crippen LogP contribution >= 0.6 is 11.8 Å². The number of nitrogens with zero attached hydrogens (tertiary/aromatic N) is 1. The van der Waals surface area contributed by atoms with Gasteiger partial charge in [-0.15, -0.1) is 0 Å². The average Bonchev–Trinajstić information content (AvgIpc) is 3.15. The lowest BCUT2D eigenvalue weighted by Gasteiger charge is -2.19. The topological polar surface area (TPSA) is 149 Å². The number of carbonyl (C=O) groups is 4. The molecule has 0 aliphatic carbocycles. The van der Waals surface area contributed by atoms with Crippen molar-refractivity contribution < 1.29 is 33.4 Å². The van der Waals surface area contributed by atoms with E-state index in [0.717, 1.165) is 22.2 Å². The predicted molar refractivity (Wildman–Crippen MR) is 138 cm³/mol. The van der Waals surface area contributed by atoms with E-state index in [1.165, 1.54) is 21.3 Å². The van der Waals surface area contributed by atoms with Crippen LogP contribution < -0.4 is 30.6 Å². The number of amides is 5. The number of carbonyl (C=O) groups excluding carboxylic acids is 4. The number of thioether (sulfide) groups is 1. The third kappa shape index (κ3) is 6.94. The summed E-state index contributed by atoms with van der Waals surface area (Å²) in [5.41, 5.74) is 6.63. The fourth-order valence-electron chi connectivity index (χ4n) is 3.67. The van der Waals surface area contributed by atoms with Crippen LogP contribution in [0.25, 0.3) is 6.08 Å². The molecule has 0 aromatic heterocycles. The molecule has 1 aliphatic heterocycles. The van der Waals surface area contributed by atoms with Crippen LogP contribution in [-0.4, -0.2) is 68.4 Å². The predicted octanol–water partition coefficient (Wildman–Crippen LogP) is 2.14. The molecule has 4 N–H and O–H groups in total. The van der Waals surface area contributed by atoms with Gasteiger partial charge in [0.25, 0.3) is 11.1 Å². The number of primary amides is 1. The van der Waals surface area contributed by atoms with Crippen LogP contribution in [0.4, 0.5) is 9.59 Å². The van der Waals surface area contributed by atoms with E-state index in [1.807, 2.05) is 30.3 Å². The molecule has 1 heterocycles. The van der Waals surface area contributed by atoms with Gasteiger partial charge in [-0.25, -0.2) is 4.79 Å². The minimum absolute atomic E-state index is 0.0000659. The molecule has 0 saturated carbocycles. The summed E-state index contributed by atoms with van der Waals surface area (Å²) in [6, 6.07) is 10.7. The second-order valence-electron chi connectivity index (χ2n) is 7.83. The van der Waals surface area contributed by atoms with E-state index in [-0.39, 0.29) is 24.4 Å². The van der Waals surface area contributed by atoms with Crippen LogP contribution in [0.3, 0.4) is 0 Å². The lowest BCUT2D eigenvalue weighted by Crippen LogP contribution is -2.51. The number of imide groups is 1. The molecular weight excluding hydrogens is 500 g/mol. The summed E-state index contributed by atoms with van der Waals surface area (Å²) in [5.74, 6) is 0.244. The molecule has 12 heteroatoms. The molecular formula is C25H28N4O7S. The van der Waals surface area contributed by atoms with Crippen molar-refractivity contribution in [3.63, 3.8) is 0 Å². The molecule has 1 saturated heterocycles. The van der Waals surface area contributed by atoms with Crippen molar-refractivity contribution in [1.29, 1.82) is 0 Å². The first-order chi connectivity index (χ1) is 17.8. The molecule has 196 valence electrons. The first kappa shape index (κ1) is 27.4. The normalized spacial score (nSPS) is 14.9. The van der Waals surface area contributed by atoms with E-state index in [2.05, 4.69) is 10.6 Å². The lowest BCUT2D eigenvalue weighted by atomic mass is 10.1. The minimum atomic E-state index is -0.908. The fourth-order valence-corrected chi connectivity index (χ4v) is 4.54. The average molecular weight is 529 g/mol. The quantitative estimate of drug-likeness (QED) is 0.376. The van der Waals surface area contributed by atoms with Crippen molar-refractivity contribution in [3.05, 3.63) is 58.5 Å². The number of hydrogen-bond acceptors (Lipinski definition) is 8. The zero-order valence-corrected chi connectivity index (χ0v) is 21.4. The number of benzene rings is 2. The van der Waals surface area contributed by atoms with Gasteiger partial charge >= 0.3 is 6.03 Å². The second-order valence-corrected chi connectivity index (χ2v) is 8.83. The van der Waals surface area contributed by atoms with Gasteiger partial charge in [-0.05, 0) is 41.1 Å². The maximum absolute atomic E-state index is 12.9. The third-order valence-corrected chi connectivity index (χ3v) is 6.32. The van der Waals surface area contributed by atoms with Gasteiger partial charge in [0, 0.05) is 19.5 Å². The molecule has 0 unspecified atom stereocenters. The summed E-state index contributed by atoms with van der Waals surface area (Å²) < 4.78 is 16.0. The molecule has 0 radical (unpaired) electrons. The summed E-state index contributed by atoms with van der Waals surface area (Å²) in [6.45, 7) is -0.0440. The van der Waals surface area contributed by atoms with Crippen LogP contribution in [0.15, 0.2) is 47.4 Å². The van der Waals surface area contributed by atoms with Crippen LogP contribution in [0.1, 0.15) is 11.1 Å². The van der Waals surface area contributed by atoms with Gasteiger partial charge in [0.15, 0.2) is 11.5 Å². The molecule has 1 aliphatic rings. The molecule has 1 fully saturated rings. The number of rotatable bonds is 11. The molecule has 1 atom stereocenters. The van der Waals surface area contributed by atoms with Crippen molar-refractivity contribution >= 4 is 40.9 Å². The lowest BCUT2D eigenvalue weighted by molar-refractivity contribution is -0.125. The summed E-state index contributed by atoms with van der Waals surface area (Å²) in [6.07, 6.45) is 1.79. The largest absolute Gasteiger partial charge is 0.493 e. The Morgan fingerprint density at radius 1 is 1.05 bits per heavy atom. The third-order valence-electron chi connectivity index (χ3n) is 5.41. The molecule has 0 spiro atoms. The number of urea groups is 1. The highest BCUT2D eigenvalue weighted by atomic mass is 32.2. The molecule has 2 aromatic carbocycles. The summed E-state index contributed by atoms with van der Waals surface area (Å²) in [7, 11) is 4.44. The molecule has 2 aromatic rings. The van der Waals surface area contributed by atoms with E-state index < -0.39 is 29.1 Å². The Morgan fingerprint density at radius 2 is 1.70 bits per heavy atom. The summed E-state index contributed by atoms with van der Waals surface area (Å²) >= 11 is 0.788. The van der Waals surface area contributed by atoms with E-state index in [4.69, 9.17) is 19.9 Å². The van der Waals surface area contributed by atoms with Gasteiger partial charge < -0.3 is 30.6 Å². The van der Waals surface area contributed by atoms with Gasteiger partial charge in [-0.2, -0.15) is 0 Å².